The monoisotopic (exact) mass is 499 g/mol. The summed E-state index contributed by atoms with van der Waals surface area (Å²) in [4.78, 5) is 31.9. The van der Waals surface area contributed by atoms with Crippen molar-refractivity contribution in [2.24, 2.45) is 10.4 Å². The Hall–Kier alpha value is -1.84. The van der Waals surface area contributed by atoms with E-state index in [9.17, 15) is 9.59 Å². The van der Waals surface area contributed by atoms with Gasteiger partial charge in [-0.1, -0.05) is 12.1 Å². The zero-order chi connectivity index (χ0) is 19.4. The number of piperidine rings is 1. The largest absolute Gasteiger partial charge is 0.355 e. The second-order valence-electron chi connectivity index (χ2n) is 7.78. The van der Waals surface area contributed by atoms with Crippen molar-refractivity contribution in [3.05, 3.63) is 35.4 Å². The molecule has 2 N–H and O–H groups in total. The van der Waals surface area contributed by atoms with Crippen molar-refractivity contribution >= 4 is 41.8 Å². The Morgan fingerprint density at radius 2 is 2.04 bits per heavy atom. The number of nitrogens with zero attached hydrogens (tertiary/aromatic N) is 3. The molecule has 7 nitrogen and oxygen atoms in total. The topological polar surface area (TPSA) is 77.0 Å². The standard InChI is InChI=1S/C20H29N5O2.HI/c1-21-19(25-10-4-9-20(14-25)11-17(26)23-13-20)22-12-15-5-7-16(8-6-15)18(27)24(2)3;/h5-8H,4,9-14H2,1-3H3,(H,21,22)(H,23,26);1H. The molecule has 0 radical (unpaired) electrons. The second-order valence-corrected chi connectivity index (χ2v) is 7.78. The van der Waals surface area contributed by atoms with Gasteiger partial charge in [-0.25, -0.2) is 0 Å². The molecule has 1 atom stereocenters. The van der Waals surface area contributed by atoms with Crippen molar-refractivity contribution in [1.82, 2.24) is 20.4 Å². The molecule has 1 unspecified atom stereocenters. The van der Waals surface area contributed by atoms with E-state index < -0.39 is 0 Å². The van der Waals surface area contributed by atoms with Crippen LogP contribution in [0.15, 0.2) is 29.3 Å². The highest BCUT2D eigenvalue weighted by Gasteiger charge is 2.42. The van der Waals surface area contributed by atoms with Crippen molar-refractivity contribution < 1.29 is 9.59 Å². The minimum atomic E-state index is 0. The van der Waals surface area contributed by atoms with Crippen LogP contribution in [0.2, 0.25) is 0 Å². The van der Waals surface area contributed by atoms with Gasteiger partial charge in [0.05, 0.1) is 0 Å². The SMILES string of the molecule is CN=C(NCc1ccc(C(=O)N(C)C)cc1)N1CCCC2(CNC(=O)C2)C1.I. The average molecular weight is 499 g/mol. The first kappa shape index (κ1) is 22.4. The molecule has 2 heterocycles. The van der Waals surface area contributed by atoms with Gasteiger partial charge in [0.1, 0.15) is 0 Å². The lowest BCUT2D eigenvalue weighted by molar-refractivity contribution is -0.119. The van der Waals surface area contributed by atoms with Gasteiger partial charge in [-0.3, -0.25) is 14.6 Å². The van der Waals surface area contributed by atoms with E-state index in [1.807, 2.05) is 24.3 Å². The molecular formula is C20H30IN5O2. The number of halogens is 1. The number of benzene rings is 1. The van der Waals surface area contributed by atoms with E-state index in [2.05, 4.69) is 20.5 Å². The van der Waals surface area contributed by atoms with E-state index >= 15 is 0 Å². The fourth-order valence-electron chi connectivity index (χ4n) is 3.97. The summed E-state index contributed by atoms with van der Waals surface area (Å²) < 4.78 is 0. The molecule has 0 aliphatic carbocycles. The Bertz CT molecular complexity index is 735. The van der Waals surface area contributed by atoms with Crippen molar-refractivity contribution in [1.29, 1.82) is 0 Å². The number of carbonyl (C=O) groups excluding carboxylic acids is 2. The number of nitrogens with one attached hydrogen (secondary N) is 2. The average Bonchev–Trinajstić information content (AvgIpc) is 3.02. The van der Waals surface area contributed by atoms with Gasteiger partial charge in [0.2, 0.25) is 5.91 Å². The van der Waals surface area contributed by atoms with Gasteiger partial charge in [0, 0.05) is 64.7 Å². The predicted molar refractivity (Wildman–Crippen MR) is 121 cm³/mol. The summed E-state index contributed by atoms with van der Waals surface area (Å²) in [6.07, 6.45) is 2.76. The molecule has 0 saturated carbocycles. The second kappa shape index (κ2) is 9.58. The lowest BCUT2D eigenvalue weighted by Gasteiger charge is -2.40. The number of guanidine groups is 1. The summed E-state index contributed by atoms with van der Waals surface area (Å²) in [6, 6.07) is 7.64. The van der Waals surface area contributed by atoms with Crippen molar-refractivity contribution in [3.63, 3.8) is 0 Å². The maximum atomic E-state index is 12.0. The zero-order valence-corrected chi connectivity index (χ0v) is 19.2. The summed E-state index contributed by atoms with van der Waals surface area (Å²) >= 11 is 0. The first-order valence-corrected chi connectivity index (χ1v) is 9.45. The summed E-state index contributed by atoms with van der Waals surface area (Å²) in [7, 11) is 5.29. The van der Waals surface area contributed by atoms with Crippen LogP contribution < -0.4 is 10.6 Å². The highest BCUT2D eigenvalue weighted by molar-refractivity contribution is 14.0. The Morgan fingerprint density at radius 3 is 2.61 bits per heavy atom. The van der Waals surface area contributed by atoms with Crippen LogP contribution >= 0.6 is 24.0 Å². The van der Waals surface area contributed by atoms with E-state index in [0.29, 0.717) is 18.5 Å². The van der Waals surface area contributed by atoms with Crippen molar-refractivity contribution in [3.8, 4) is 0 Å². The molecule has 2 aliphatic rings. The molecular weight excluding hydrogens is 469 g/mol. The lowest BCUT2D eigenvalue weighted by atomic mass is 9.79. The van der Waals surface area contributed by atoms with Gasteiger partial charge < -0.3 is 20.4 Å². The van der Waals surface area contributed by atoms with Gasteiger partial charge in [0.15, 0.2) is 5.96 Å². The van der Waals surface area contributed by atoms with Crippen LogP contribution in [0, 0.1) is 5.41 Å². The lowest BCUT2D eigenvalue weighted by Crippen LogP contribution is -2.51. The molecule has 1 aromatic carbocycles. The highest BCUT2D eigenvalue weighted by atomic mass is 127. The molecule has 2 amide bonds. The van der Waals surface area contributed by atoms with Gasteiger partial charge in [-0.2, -0.15) is 0 Å². The molecule has 2 fully saturated rings. The molecule has 154 valence electrons. The van der Waals surface area contributed by atoms with Gasteiger partial charge in [-0.05, 0) is 30.5 Å². The van der Waals surface area contributed by atoms with Crippen molar-refractivity contribution in [2.75, 3.05) is 40.8 Å². The zero-order valence-electron chi connectivity index (χ0n) is 16.8. The third kappa shape index (κ3) is 5.15. The maximum absolute atomic E-state index is 12.0. The molecule has 1 spiro atoms. The Kier molecular flexibility index (Phi) is 7.68. The third-order valence-electron chi connectivity index (χ3n) is 5.43. The number of amides is 2. The molecule has 3 rings (SSSR count). The molecule has 0 aromatic heterocycles. The minimum Gasteiger partial charge on any atom is -0.355 e. The van der Waals surface area contributed by atoms with Crippen molar-refractivity contribution in [2.45, 2.75) is 25.8 Å². The molecule has 8 heteroatoms. The number of carbonyl (C=O) groups is 2. The first-order valence-electron chi connectivity index (χ1n) is 9.45. The first-order chi connectivity index (χ1) is 12.9. The quantitative estimate of drug-likeness (QED) is 0.377. The van der Waals surface area contributed by atoms with E-state index in [-0.39, 0.29) is 41.2 Å². The van der Waals surface area contributed by atoms with Gasteiger partial charge in [-0.15, -0.1) is 24.0 Å². The summed E-state index contributed by atoms with van der Waals surface area (Å²) in [6.45, 7) is 3.21. The Balaban J connectivity index is 0.00000280. The van der Waals surface area contributed by atoms with Crippen LogP contribution in [-0.4, -0.2) is 68.4 Å². The molecule has 1 aromatic rings. The van der Waals surface area contributed by atoms with E-state index in [0.717, 1.165) is 44.0 Å². The number of likely N-dealkylation sites (tertiary alicyclic amines) is 1. The van der Waals surface area contributed by atoms with Crippen LogP contribution in [0.3, 0.4) is 0 Å². The Labute approximate surface area is 184 Å². The molecule has 2 aliphatic heterocycles. The summed E-state index contributed by atoms with van der Waals surface area (Å²) in [5.74, 6) is 1.03. The minimum absolute atomic E-state index is 0. The Morgan fingerprint density at radius 1 is 1.32 bits per heavy atom. The van der Waals surface area contributed by atoms with Crippen LogP contribution in [0.1, 0.15) is 35.2 Å². The van der Waals surface area contributed by atoms with E-state index in [4.69, 9.17) is 0 Å². The highest BCUT2D eigenvalue weighted by Crippen LogP contribution is 2.35. The fraction of sp³-hybridized carbons (Fsp3) is 0.550. The van der Waals surface area contributed by atoms with E-state index in [1.165, 1.54) is 0 Å². The maximum Gasteiger partial charge on any atom is 0.253 e. The summed E-state index contributed by atoms with van der Waals surface area (Å²) in [5, 5.41) is 6.40. The van der Waals surface area contributed by atoms with Crippen LogP contribution in [0.5, 0.6) is 0 Å². The number of hydrogen-bond donors (Lipinski definition) is 2. The predicted octanol–water partition coefficient (Wildman–Crippen LogP) is 1.68. The smallest absolute Gasteiger partial charge is 0.253 e. The molecule has 28 heavy (non-hydrogen) atoms. The van der Waals surface area contributed by atoms with E-state index in [1.54, 1.807) is 26.0 Å². The molecule has 0 bridgehead atoms. The van der Waals surface area contributed by atoms with Crippen LogP contribution in [-0.2, 0) is 11.3 Å². The summed E-state index contributed by atoms with van der Waals surface area (Å²) in [5.41, 5.74) is 1.82. The number of hydrogen-bond acceptors (Lipinski definition) is 3. The third-order valence-corrected chi connectivity index (χ3v) is 5.43. The fourth-order valence-corrected chi connectivity index (χ4v) is 3.97. The van der Waals surface area contributed by atoms with Crippen LogP contribution in [0.4, 0.5) is 0 Å². The number of aliphatic imine (C=N–C) groups is 1. The molecule has 2 saturated heterocycles. The number of rotatable bonds is 3. The normalized spacial score (nSPS) is 21.9. The van der Waals surface area contributed by atoms with Crippen LogP contribution in [0.25, 0.3) is 0 Å². The van der Waals surface area contributed by atoms with Gasteiger partial charge >= 0.3 is 0 Å². The van der Waals surface area contributed by atoms with Gasteiger partial charge in [0.25, 0.3) is 5.91 Å².